The number of anilines is 1. The number of nitrogens with one attached hydrogen (secondary N) is 1. The predicted octanol–water partition coefficient (Wildman–Crippen LogP) is 5.60. The highest BCUT2D eigenvalue weighted by Crippen LogP contribution is 2.41. The van der Waals surface area contributed by atoms with Crippen molar-refractivity contribution in [3.8, 4) is 22.9 Å². The van der Waals surface area contributed by atoms with Crippen LogP contribution in [0.2, 0.25) is 0 Å². The monoisotopic (exact) mass is 486 g/mol. The topological polar surface area (TPSA) is 89.7 Å². The van der Waals surface area contributed by atoms with Crippen LogP contribution in [0.15, 0.2) is 83.0 Å². The highest BCUT2D eigenvalue weighted by Gasteiger charge is 2.37. The third-order valence-corrected chi connectivity index (χ3v) is 5.98. The van der Waals surface area contributed by atoms with Gasteiger partial charge < -0.3 is 19.3 Å². The van der Waals surface area contributed by atoms with Gasteiger partial charge in [-0.3, -0.25) is 4.90 Å². The highest BCUT2D eigenvalue weighted by atomic mass is 19.1. The largest absolute Gasteiger partial charge is 0.493 e. The van der Waals surface area contributed by atoms with Crippen molar-refractivity contribution in [1.29, 1.82) is 0 Å². The van der Waals surface area contributed by atoms with Gasteiger partial charge in [-0.15, -0.1) is 0 Å². The van der Waals surface area contributed by atoms with Gasteiger partial charge in [-0.05, 0) is 36.8 Å². The minimum atomic E-state index is -0.714. The summed E-state index contributed by atoms with van der Waals surface area (Å²) >= 11 is 0. The second-order valence-corrected chi connectivity index (χ2v) is 8.10. The lowest BCUT2D eigenvalue weighted by Crippen LogP contribution is -2.46. The van der Waals surface area contributed by atoms with Crippen molar-refractivity contribution in [2.24, 2.45) is 0 Å². The molecule has 1 aromatic heterocycles. The first-order valence-corrected chi connectivity index (χ1v) is 11.2. The maximum atomic E-state index is 14.2. The molecule has 0 bridgehead atoms. The van der Waals surface area contributed by atoms with Crippen LogP contribution in [0.4, 0.5) is 14.9 Å². The number of hydrogen-bond acceptors (Lipinski definition) is 6. The number of allylic oxidation sites excluding steroid dienone is 1. The van der Waals surface area contributed by atoms with Gasteiger partial charge in [0.15, 0.2) is 11.5 Å². The molecule has 0 aliphatic carbocycles. The number of carbonyl (C=O) groups is 1. The minimum absolute atomic E-state index is 0.214. The molecule has 3 aromatic carbocycles. The van der Waals surface area contributed by atoms with Crippen molar-refractivity contribution in [3.05, 3.63) is 95.8 Å². The van der Waals surface area contributed by atoms with Gasteiger partial charge in [-0.2, -0.15) is 4.98 Å². The van der Waals surface area contributed by atoms with Crippen LogP contribution in [0.25, 0.3) is 17.0 Å². The Balaban J connectivity index is 1.67. The molecule has 1 unspecified atom stereocenters. The maximum absolute atomic E-state index is 14.2. The van der Waals surface area contributed by atoms with Crippen LogP contribution >= 0.6 is 0 Å². The van der Waals surface area contributed by atoms with E-state index in [-0.39, 0.29) is 5.89 Å². The van der Waals surface area contributed by atoms with Gasteiger partial charge in [-0.25, -0.2) is 9.18 Å². The van der Waals surface area contributed by atoms with Gasteiger partial charge in [0, 0.05) is 17.3 Å². The third-order valence-electron chi connectivity index (χ3n) is 5.98. The second-order valence-electron chi connectivity index (χ2n) is 8.10. The number of rotatable bonds is 6. The molecule has 9 heteroatoms. The fourth-order valence-electron chi connectivity index (χ4n) is 4.27. The molecule has 4 aromatic rings. The van der Waals surface area contributed by atoms with E-state index >= 15 is 0 Å². The molecule has 1 N–H and O–H groups in total. The smallest absolute Gasteiger partial charge is 0.327 e. The Hall–Kier alpha value is -4.66. The Morgan fingerprint density at radius 2 is 1.75 bits per heavy atom. The zero-order valence-corrected chi connectivity index (χ0v) is 19.9. The molecule has 1 atom stereocenters. The van der Waals surface area contributed by atoms with Crippen molar-refractivity contribution in [2.75, 3.05) is 19.1 Å². The van der Waals surface area contributed by atoms with E-state index in [1.807, 2.05) is 30.3 Å². The molecule has 1 aliphatic rings. The minimum Gasteiger partial charge on any atom is -0.493 e. The van der Waals surface area contributed by atoms with E-state index in [1.165, 1.54) is 31.3 Å². The Morgan fingerprint density at radius 1 is 0.972 bits per heavy atom. The number of benzene rings is 3. The van der Waals surface area contributed by atoms with Crippen LogP contribution < -0.4 is 19.7 Å². The van der Waals surface area contributed by atoms with E-state index in [1.54, 1.807) is 37.3 Å². The van der Waals surface area contributed by atoms with Crippen molar-refractivity contribution in [1.82, 2.24) is 15.5 Å². The highest BCUT2D eigenvalue weighted by molar-refractivity contribution is 6.01. The fraction of sp³-hybridized carbons (Fsp3) is 0.148. The van der Waals surface area contributed by atoms with Gasteiger partial charge in [0.05, 0.1) is 31.5 Å². The molecule has 0 radical (unpaired) electrons. The number of nitrogens with zero attached hydrogens (tertiary/aromatic N) is 3. The first-order chi connectivity index (χ1) is 17.5. The number of carbonyl (C=O) groups excluding carboxylic acids is 1. The summed E-state index contributed by atoms with van der Waals surface area (Å²) in [6, 6.07) is 19.5. The molecule has 36 heavy (non-hydrogen) atoms. The summed E-state index contributed by atoms with van der Waals surface area (Å²) in [7, 11) is 3.06. The van der Waals surface area contributed by atoms with Crippen molar-refractivity contribution >= 4 is 17.3 Å². The van der Waals surface area contributed by atoms with E-state index in [4.69, 9.17) is 14.0 Å². The summed E-state index contributed by atoms with van der Waals surface area (Å²) in [4.78, 5) is 19.5. The van der Waals surface area contributed by atoms with Gasteiger partial charge in [0.1, 0.15) is 5.82 Å². The molecule has 8 nitrogen and oxygen atoms in total. The summed E-state index contributed by atoms with van der Waals surface area (Å²) in [5.74, 6) is 1.19. The molecule has 2 amide bonds. The van der Waals surface area contributed by atoms with Gasteiger partial charge in [0.2, 0.25) is 5.82 Å². The van der Waals surface area contributed by atoms with Crippen LogP contribution in [-0.4, -0.2) is 30.4 Å². The van der Waals surface area contributed by atoms with Gasteiger partial charge >= 0.3 is 6.03 Å². The predicted molar refractivity (Wildman–Crippen MR) is 132 cm³/mol. The molecule has 2 heterocycles. The van der Waals surface area contributed by atoms with Crippen LogP contribution in [0.3, 0.4) is 0 Å². The molecule has 0 saturated heterocycles. The Bertz CT molecular complexity index is 1450. The molecule has 0 fully saturated rings. The summed E-state index contributed by atoms with van der Waals surface area (Å²) in [6.45, 7) is 1.78. The number of urea groups is 1. The third kappa shape index (κ3) is 4.15. The first kappa shape index (κ1) is 23.1. The molecule has 5 rings (SSSR count). The van der Waals surface area contributed by atoms with Gasteiger partial charge in [0.25, 0.3) is 5.89 Å². The van der Waals surface area contributed by atoms with Crippen LogP contribution in [-0.2, 0) is 0 Å². The SMILES string of the molecule is COc1ccc(N2C(=O)NC(c3cccc(F)c3)C(c3nc(-c4ccccc4)no3)=C2C)cc1OC. The molecule has 0 spiro atoms. The summed E-state index contributed by atoms with van der Waals surface area (Å²) < 4.78 is 30.6. The van der Waals surface area contributed by atoms with E-state index in [9.17, 15) is 9.18 Å². The quantitative estimate of drug-likeness (QED) is 0.382. The average Bonchev–Trinajstić information content (AvgIpc) is 3.38. The Morgan fingerprint density at radius 3 is 2.47 bits per heavy atom. The van der Waals surface area contributed by atoms with Crippen molar-refractivity contribution < 1.29 is 23.2 Å². The molecule has 1 aliphatic heterocycles. The second kappa shape index (κ2) is 9.53. The fourth-order valence-corrected chi connectivity index (χ4v) is 4.27. The lowest BCUT2D eigenvalue weighted by Gasteiger charge is -2.35. The molecular weight excluding hydrogens is 463 g/mol. The lowest BCUT2D eigenvalue weighted by atomic mass is 9.94. The number of aromatic nitrogens is 2. The lowest BCUT2D eigenvalue weighted by molar-refractivity contribution is 0.244. The average molecular weight is 487 g/mol. The van der Waals surface area contributed by atoms with E-state index in [2.05, 4.69) is 15.5 Å². The number of amides is 2. The van der Waals surface area contributed by atoms with Crippen molar-refractivity contribution in [2.45, 2.75) is 13.0 Å². The van der Waals surface area contributed by atoms with Crippen LogP contribution in [0, 0.1) is 5.82 Å². The Kier molecular flexibility index (Phi) is 6.12. The van der Waals surface area contributed by atoms with E-state index in [0.717, 1.165) is 5.56 Å². The van der Waals surface area contributed by atoms with Gasteiger partial charge in [-0.1, -0.05) is 47.6 Å². The summed E-state index contributed by atoms with van der Waals surface area (Å²) in [5, 5.41) is 7.11. The van der Waals surface area contributed by atoms with Crippen molar-refractivity contribution in [3.63, 3.8) is 0 Å². The Labute approximate surface area is 207 Å². The number of ether oxygens (including phenoxy) is 2. The molecule has 0 saturated carbocycles. The summed E-state index contributed by atoms with van der Waals surface area (Å²) in [6.07, 6.45) is 0. The number of hydrogen-bond donors (Lipinski definition) is 1. The zero-order chi connectivity index (χ0) is 25.2. The maximum Gasteiger partial charge on any atom is 0.327 e. The summed E-state index contributed by atoms with van der Waals surface area (Å²) in [5.41, 5.74) is 2.96. The zero-order valence-electron chi connectivity index (χ0n) is 19.9. The molecule has 182 valence electrons. The van der Waals surface area contributed by atoms with E-state index in [0.29, 0.717) is 39.8 Å². The first-order valence-electron chi connectivity index (χ1n) is 11.2. The van der Waals surface area contributed by atoms with Crippen LogP contribution in [0.1, 0.15) is 24.4 Å². The van der Waals surface area contributed by atoms with E-state index < -0.39 is 17.9 Å². The number of halogens is 1. The normalized spacial score (nSPS) is 15.6. The van der Waals surface area contributed by atoms with Crippen LogP contribution in [0.5, 0.6) is 11.5 Å². The standard InChI is InChI=1S/C27H23FN4O4/c1-16-23(26-30-25(31-36-26)17-8-5-4-6-9-17)24(18-10-7-11-19(28)14-18)29-27(33)32(16)20-12-13-21(34-2)22(15-20)35-3/h4-15,24H,1-3H3,(H,29,33). The molecular formula is C27H23FN4O4. The number of methoxy groups -OCH3 is 2.